The summed E-state index contributed by atoms with van der Waals surface area (Å²) < 4.78 is 5.13. The van der Waals surface area contributed by atoms with Gasteiger partial charge in [0.1, 0.15) is 11.6 Å². The van der Waals surface area contributed by atoms with E-state index in [1.54, 1.807) is 13.2 Å². The standard InChI is InChI=1S/C17H19N5O2/c1-24-15-5-3-13-17(20-15)21-16(19-13)11-2-4-14(18-10-11)22-8-6-12(23)7-9-22/h2-5,10,12,23H,6-9H2,1H3,(H,19,20,21). The Labute approximate surface area is 139 Å². The molecule has 0 saturated carbocycles. The molecule has 4 heterocycles. The number of H-pyrrole nitrogens is 1. The van der Waals surface area contributed by atoms with E-state index in [1.165, 1.54) is 0 Å². The van der Waals surface area contributed by atoms with Crippen molar-refractivity contribution in [3.8, 4) is 17.3 Å². The molecule has 1 fully saturated rings. The minimum Gasteiger partial charge on any atom is -0.481 e. The lowest BCUT2D eigenvalue weighted by atomic mass is 10.1. The zero-order valence-electron chi connectivity index (χ0n) is 13.4. The van der Waals surface area contributed by atoms with Crippen LogP contribution in [0.4, 0.5) is 5.82 Å². The molecule has 0 atom stereocenters. The minimum absolute atomic E-state index is 0.180. The molecule has 24 heavy (non-hydrogen) atoms. The van der Waals surface area contributed by atoms with E-state index in [1.807, 2.05) is 24.4 Å². The van der Waals surface area contributed by atoms with Gasteiger partial charge in [-0.05, 0) is 31.0 Å². The van der Waals surface area contributed by atoms with Crippen LogP contribution in [0.5, 0.6) is 5.88 Å². The van der Waals surface area contributed by atoms with Gasteiger partial charge in [0.15, 0.2) is 5.65 Å². The minimum atomic E-state index is -0.180. The average Bonchev–Trinajstić information content (AvgIpc) is 3.05. The van der Waals surface area contributed by atoms with Gasteiger partial charge in [-0.1, -0.05) is 0 Å². The van der Waals surface area contributed by atoms with Gasteiger partial charge in [0.2, 0.25) is 5.88 Å². The number of aliphatic hydroxyl groups is 1. The summed E-state index contributed by atoms with van der Waals surface area (Å²) in [5.74, 6) is 2.21. The molecule has 124 valence electrons. The van der Waals surface area contributed by atoms with Crippen molar-refractivity contribution < 1.29 is 9.84 Å². The summed E-state index contributed by atoms with van der Waals surface area (Å²) in [5.41, 5.74) is 2.39. The highest BCUT2D eigenvalue weighted by Crippen LogP contribution is 2.23. The van der Waals surface area contributed by atoms with Crippen LogP contribution >= 0.6 is 0 Å². The molecule has 1 aliphatic heterocycles. The smallest absolute Gasteiger partial charge is 0.215 e. The van der Waals surface area contributed by atoms with Crippen LogP contribution in [0, 0.1) is 0 Å². The summed E-state index contributed by atoms with van der Waals surface area (Å²) in [7, 11) is 1.59. The first-order valence-corrected chi connectivity index (χ1v) is 8.03. The van der Waals surface area contributed by atoms with Crippen molar-refractivity contribution in [3.05, 3.63) is 30.5 Å². The summed E-state index contributed by atoms with van der Waals surface area (Å²) in [6.07, 6.45) is 3.22. The van der Waals surface area contributed by atoms with Crippen LogP contribution in [0.1, 0.15) is 12.8 Å². The van der Waals surface area contributed by atoms with Gasteiger partial charge in [0.25, 0.3) is 0 Å². The van der Waals surface area contributed by atoms with E-state index in [0.29, 0.717) is 11.5 Å². The Bertz CT molecular complexity index is 838. The molecule has 3 aromatic heterocycles. The maximum Gasteiger partial charge on any atom is 0.215 e. The molecule has 1 aliphatic rings. The van der Waals surface area contributed by atoms with Crippen LogP contribution < -0.4 is 9.64 Å². The molecule has 7 heteroatoms. The number of aromatic nitrogens is 4. The lowest BCUT2D eigenvalue weighted by molar-refractivity contribution is 0.145. The monoisotopic (exact) mass is 325 g/mol. The molecule has 0 aliphatic carbocycles. The fraction of sp³-hybridized carbons (Fsp3) is 0.353. The van der Waals surface area contributed by atoms with Gasteiger partial charge in [-0.3, -0.25) is 0 Å². The van der Waals surface area contributed by atoms with Crippen molar-refractivity contribution in [2.45, 2.75) is 18.9 Å². The number of piperidine rings is 1. The topological polar surface area (TPSA) is 87.2 Å². The summed E-state index contributed by atoms with van der Waals surface area (Å²) in [6, 6.07) is 7.70. The third kappa shape index (κ3) is 2.78. The number of nitrogens with zero attached hydrogens (tertiary/aromatic N) is 4. The Morgan fingerprint density at radius 1 is 1.17 bits per heavy atom. The SMILES string of the molecule is COc1ccc2[nH]c(-c3ccc(N4CCC(O)CC4)nc3)nc2n1. The quantitative estimate of drug-likeness (QED) is 0.766. The highest BCUT2D eigenvalue weighted by Gasteiger charge is 2.18. The molecule has 4 rings (SSSR count). The summed E-state index contributed by atoms with van der Waals surface area (Å²) >= 11 is 0. The summed E-state index contributed by atoms with van der Waals surface area (Å²) in [6.45, 7) is 1.67. The first-order valence-electron chi connectivity index (χ1n) is 8.03. The van der Waals surface area contributed by atoms with Crippen molar-refractivity contribution in [2.75, 3.05) is 25.1 Å². The number of hydrogen-bond acceptors (Lipinski definition) is 6. The third-order valence-corrected chi connectivity index (χ3v) is 4.34. The van der Waals surface area contributed by atoms with Gasteiger partial charge < -0.3 is 19.7 Å². The number of ether oxygens (including phenoxy) is 1. The van der Waals surface area contributed by atoms with Gasteiger partial charge >= 0.3 is 0 Å². The highest BCUT2D eigenvalue weighted by molar-refractivity contribution is 5.76. The van der Waals surface area contributed by atoms with E-state index in [2.05, 4.69) is 24.8 Å². The Balaban J connectivity index is 1.58. The first kappa shape index (κ1) is 14.9. The zero-order valence-corrected chi connectivity index (χ0v) is 13.4. The second-order valence-corrected chi connectivity index (χ2v) is 5.93. The van der Waals surface area contributed by atoms with E-state index < -0.39 is 0 Å². The number of aliphatic hydroxyl groups excluding tert-OH is 1. The molecule has 3 aromatic rings. The Hall–Kier alpha value is -2.67. The number of imidazole rings is 1. The van der Waals surface area contributed by atoms with Gasteiger partial charge in [-0.2, -0.15) is 4.98 Å². The maximum atomic E-state index is 9.60. The van der Waals surface area contributed by atoms with Gasteiger partial charge in [0.05, 0.1) is 18.7 Å². The van der Waals surface area contributed by atoms with Crippen molar-refractivity contribution in [1.29, 1.82) is 0 Å². The molecular weight excluding hydrogens is 306 g/mol. The lowest BCUT2D eigenvalue weighted by Gasteiger charge is -2.30. The molecule has 2 N–H and O–H groups in total. The number of anilines is 1. The maximum absolute atomic E-state index is 9.60. The normalized spacial score (nSPS) is 15.8. The van der Waals surface area contributed by atoms with Crippen LogP contribution in [0.15, 0.2) is 30.5 Å². The second-order valence-electron chi connectivity index (χ2n) is 5.93. The Morgan fingerprint density at radius 2 is 2.00 bits per heavy atom. The molecule has 0 aromatic carbocycles. The van der Waals surface area contributed by atoms with Crippen LogP contribution in [0.2, 0.25) is 0 Å². The van der Waals surface area contributed by atoms with Gasteiger partial charge in [-0.15, -0.1) is 0 Å². The van der Waals surface area contributed by atoms with E-state index in [-0.39, 0.29) is 6.10 Å². The second kappa shape index (κ2) is 6.09. The summed E-state index contributed by atoms with van der Waals surface area (Å²) in [5, 5.41) is 9.60. The number of fused-ring (bicyclic) bond motifs is 1. The first-order chi connectivity index (χ1) is 11.7. The van der Waals surface area contributed by atoms with Crippen molar-refractivity contribution >= 4 is 17.0 Å². The molecule has 7 nitrogen and oxygen atoms in total. The fourth-order valence-corrected chi connectivity index (χ4v) is 2.93. The zero-order chi connectivity index (χ0) is 16.5. The number of nitrogens with one attached hydrogen (secondary N) is 1. The Kier molecular flexibility index (Phi) is 3.78. The average molecular weight is 325 g/mol. The number of hydrogen-bond donors (Lipinski definition) is 2. The van der Waals surface area contributed by atoms with Crippen LogP contribution in [-0.4, -0.2) is 51.3 Å². The van der Waals surface area contributed by atoms with Crippen molar-refractivity contribution in [2.24, 2.45) is 0 Å². The number of rotatable bonds is 3. The van der Waals surface area contributed by atoms with Crippen LogP contribution in [-0.2, 0) is 0 Å². The van der Waals surface area contributed by atoms with Crippen LogP contribution in [0.3, 0.4) is 0 Å². The van der Waals surface area contributed by atoms with E-state index in [9.17, 15) is 5.11 Å². The molecule has 0 unspecified atom stereocenters. The van der Waals surface area contributed by atoms with E-state index in [0.717, 1.165) is 48.7 Å². The molecular formula is C17H19N5O2. The van der Waals surface area contributed by atoms with Gasteiger partial charge in [0, 0.05) is 30.9 Å². The van der Waals surface area contributed by atoms with Gasteiger partial charge in [-0.25, -0.2) is 9.97 Å². The van der Waals surface area contributed by atoms with Crippen LogP contribution in [0.25, 0.3) is 22.6 Å². The number of aromatic amines is 1. The molecule has 0 radical (unpaired) electrons. The molecule has 0 spiro atoms. The fourth-order valence-electron chi connectivity index (χ4n) is 2.93. The third-order valence-electron chi connectivity index (χ3n) is 4.34. The molecule has 0 amide bonds. The Morgan fingerprint density at radius 3 is 2.71 bits per heavy atom. The molecule has 1 saturated heterocycles. The molecule has 0 bridgehead atoms. The van der Waals surface area contributed by atoms with Crippen molar-refractivity contribution in [3.63, 3.8) is 0 Å². The summed E-state index contributed by atoms with van der Waals surface area (Å²) in [4.78, 5) is 18.8. The van der Waals surface area contributed by atoms with Crippen molar-refractivity contribution in [1.82, 2.24) is 19.9 Å². The van der Waals surface area contributed by atoms with E-state index in [4.69, 9.17) is 4.74 Å². The lowest BCUT2D eigenvalue weighted by Crippen LogP contribution is -2.36. The number of methoxy groups -OCH3 is 1. The number of pyridine rings is 2. The highest BCUT2D eigenvalue weighted by atomic mass is 16.5. The largest absolute Gasteiger partial charge is 0.481 e. The van der Waals surface area contributed by atoms with E-state index >= 15 is 0 Å². The predicted octanol–water partition coefficient (Wildman–Crippen LogP) is 1.99. The predicted molar refractivity (Wildman–Crippen MR) is 91.1 cm³/mol.